The van der Waals surface area contributed by atoms with Gasteiger partial charge in [0.25, 0.3) is 0 Å². The van der Waals surface area contributed by atoms with Gasteiger partial charge in [-0.3, -0.25) is 19.3 Å². The van der Waals surface area contributed by atoms with Gasteiger partial charge in [-0.05, 0) is 12.8 Å². The van der Waals surface area contributed by atoms with Crippen LogP contribution >= 0.6 is 24.4 Å². The second kappa shape index (κ2) is 6.41. The Morgan fingerprint density at radius 1 is 1.52 bits per heavy atom. The summed E-state index contributed by atoms with van der Waals surface area (Å²) in [7, 11) is 1.55. The van der Waals surface area contributed by atoms with E-state index in [1.807, 2.05) is 6.92 Å². The molecule has 0 saturated carbocycles. The number of carbonyl (C=O) groups excluding carboxylic acids is 3. The standard InChI is InChI=1S/C13H18N2O4S2/c1-3-6(16)9-11(18)15-10(13(19)20)7(21-12(9)15)4-5-8(17)14-2/h6,9,12,16H,3-5H2,1-2H3,(H,14,17)(H,19,20)/t6-,9+,12+/m0/s1. The Morgan fingerprint density at radius 2 is 2.19 bits per heavy atom. The predicted octanol–water partition coefficient (Wildman–Crippen LogP) is 0.483. The number of amides is 2. The lowest BCUT2D eigenvalue weighted by atomic mass is 9.90. The number of fused-ring (bicyclic) bond motifs is 1. The van der Waals surface area contributed by atoms with E-state index in [1.54, 1.807) is 7.05 Å². The van der Waals surface area contributed by atoms with Crippen LogP contribution in [0.15, 0.2) is 10.6 Å². The van der Waals surface area contributed by atoms with E-state index in [0.717, 1.165) is 0 Å². The molecule has 2 heterocycles. The number of thiol groups is 1. The molecule has 6 nitrogen and oxygen atoms in total. The molecular weight excluding hydrogens is 312 g/mol. The van der Waals surface area contributed by atoms with Crippen molar-refractivity contribution in [2.45, 2.75) is 37.7 Å². The number of hydrogen-bond acceptors (Lipinski definition) is 5. The van der Waals surface area contributed by atoms with Gasteiger partial charge in [0, 0.05) is 18.4 Å². The molecule has 3 atom stereocenters. The fourth-order valence-corrected chi connectivity index (χ4v) is 4.44. The normalized spacial score (nSPS) is 25.5. The highest BCUT2D eigenvalue weighted by Crippen LogP contribution is 2.52. The van der Waals surface area contributed by atoms with E-state index >= 15 is 0 Å². The summed E-state index contributed by atoms with van der Waals surface area (Å²) in [5, 5.41) is 11.7. The predicted molar refractivity (Wildman–Crippen MR) is 82.3 cm³/mol. The Bertz CT molecular complexity index is 520. The molecule has 2 rings (SSSR count). The summed E-state index contributed by atoms with van der Waals surface area (Å²) in [4.78, 5) is 37.3. The zero-order valence-electron chi connectivity index (χ0n) is 11.8. The van der Waals surface area contributed by atoms with Crippen LogP contribution in [0.25, 0.3) is 0 Å². The van der Waals surface area contributed by atoms with Crippen LogP contribution in [0.4, 0.5) is 0 Å². The van der Waals surface area contributed by atoms with Crippen molar-refractivity contribution in [3.8, 4) is 0 Å². The molecule has 2 N–H and O–H groups in total. The van der Waals surface area contributed by atoms with E-state index in [0.29, 0.717) is 17.7 Å². The van der Waals surface area contributed by atoms with Gasteiger partial charge in [-0.15, -0.1) is 11.8 Å². The molecule has 1 fully saturated rings. The number of nitrogens with zero attached hydrogens (tertiary/aromatic N) is 1. The van der Waals surface area contributed by atoms with Crippen molar-refractivity contribution >= 4 is 41.3 Å². The smallest absolute Gasteiger partial charge is 0.236 e. The maximum absolute atomic E-state index is 12.2. The molecule has 0 aliphatic carbocycles. The quantitative estimate of drug-likeness (QED) is 0.487. The molecule has 0 bridgehead atoms. The molecule has 0 radical (unpaired) electrons. The maximum Gasteiger partial charge on any atom is 0.236 e. The summed E-state index contributed by atoms with van der Waals surface area (Å²) in [6, 6.07) is 0. The lowest BCUT2D eigenvalue weighted by Crippen LogP contribution is -2.61. The van der Waals surface area contributed by atoms with Crippen LogP contribution in [0.2, 0.25) is 0 Å². The number of thioether (sulfide) groups is 1. The van der Waals surface area contributed by atoms with Gasteiger partial charge in [0.15, 0.2) is 0 Å². The molecule has 21 heavy (non-hydrogen) atoms. The van der Waals surface area contributed by atoms with Crippen LogP contribution in [-0.2, 0) is 14.4 Å². The Kier molecular flexibility index (Phi) is 5.00. The highest BCUT2D eigenvalue weighted by molar-refractivity contribution is 8.04. The van der Waals surface area contributed by atoms with Gasteiger partial charge < -0.3 is 10.4 Å². The monoisotopic (exact) mass is 330 g/mol. The van der Waals surface area contributed by atoms with Crippen molar-refractivity contribution in [1.29, 1.82) is 0 Å². The van der Waals surface area contributed by atoms with Gasteiger partial charge in [0.2, 0.25) is 16.9 Å². The summed E-state index contributed by atoms with van der Waals surface area (Å²) in [6.07, 6.45) is 0.417. The van der Waals surface area contributed by atoms with Crippen molar-refractivity contribution in [2.24, 2.45) is 5.92 Å². The Labute approximate surface area is 132 Å². The third-order valence-electron chi connectivity index (χ3n) is 3.75. The second-order valence-corrected chi connectivity index (χ2v) is 6.59. The van der Waals surface area contributed by atoms with Crippen LogP contribution in [0.5, 0.6) is 0 Å². The van der Waals surface area contributed by atoms with E-state index in [2.05, 4.69) is 17.9 Å². The first-order valence-corrected chi connectivity index (χ1v) is 8.09. The third kappa shape index (κ3) is 2.84. The van der Waals surface area contributed by atoms with Crippen LogP contribution in [0.1, 0.15) is 26.2 Å². The third-order valence-corrected chi connectivity index (χ3v) is 5.38. The van der Waals surface area contributed by atoms with E-state index in [1.165, 1.54) is 16.7 Å². The molecule has 2 amide bonds. The fourth-order valence-electron chi connectivity index (χ4n) is 2.55. The molecule has 1 saturated heterocycles. The number of carbonyl (C=O) groups is 3. The molecule has 0 aromatic rings. The molecule has 2 aliphatic heterocycles. The molecule has 0 unspecified atom stereocenters. The molecular formula is C13H18N2O4S2. The number of aliphatic hydroxyl groups excluding tert-OH is 1. The van der Waals surface area contributed by atoms with Crippen molar-refractivity contribution < 1.29 is 19.5 Å². The summed E-state index contributed by atoms with van der Waals surface area (Å²) < 4.78 is 0. The van der Waals surface area contributed by atoms with Gasteiger partial charge in [0.1, 0.15) is 11.1 Å². The van der Waals surface area contributed by atoms with E-state index < -0.39 is 17.1 Å². The first-order chi connectivity index (χ1) is 9.92. The lowest BCUT2D eigenvalue weighted by Gasteiger charge is -2.44. The minimum atomic E-state index is -0.708. The number of aliphatic hydroxyl groups is 1. The summed E-state index contributed by atoms with van der Waals surface area (Å²) in [5.41, 5.74) is 0.266. The number of β-lactam (4-membered cyclic amide) rings is 1. The minimum Gasteiger partial charge on any atom is -0.392 e. The van der Waals surface area contributed by atoms with Gasteiger partial charge >= 0.3 is 0 Å². The topological polar surface area (TPSA) is 86.7 Å². The number of nitrogens with one attached hydrogen (secondary N) is 1. The first kappa shape index (κ1) is 16.4. The van der Waals surface area contributed by atoms with Gasteiger partial charge in [-0.2, -0.15) is 0 Å². The van der Waals surface area contributed by atoms with E-state index in [4.69, 9.17) is 0 Å². The zero-order valence-corrected chi connectivity index (χ0v) is 13.5. The number of rotatable bonds is 6. The van der Waals surface area contributed by atoms with E-state index in [9.17, 15) is 19.5 Å². The Hall–Kier alpha value is -0.990. The summed E-state index contributed by atoms with van der Waals surface area (Å²) in [6.45, 7) is 1.81. The van der Waals surface area contributed by atoms with Crippen LogP contribution in [0.3, 0.4) is 0 Å². The molecule has 116 valence electrons. The second-order valence-electron chi connectivity index (χ2n) is 4.97. The average Bonchev–Trinajstić information content (AvgIpc) is 2.79. The van der Waals surface area contributed by atoms with Crippen molar-refractivity contribution in [2.75, 3.05) is 7.05 Å². The first-order valence-electron chi connectivity index (χ1n) is 6.77. The fraction of sp³-hybridized carbons (Fsp3) is 0.615. The van der Waals surface area contributed by atoms with Gasteiger partial charge in [-0.1, -0.05) is 19.6 Å². The lowest BCUT2D eigenvalue weighted by molar-refractivity contribution is -0.154. The molecule has 0 aromatic heterocycles. The van der Waals surface area contributed by atoms with Gasteiger partial charge in [-0.25, -0.2) is 0 Å². The van der Waals surface area contributed by atoms with Crippen LogP contribution in [0, 0.1) is 5.92 Å². The molecule has 8 heteroatoms. The van der Waals surface area contributed by atoms with Crippen molar-refractivity contribution in [3.05, 3.63) is 10.6 Å². The maximum atomic E-state index is 12.2. The van der Waals surface area contributed by atoms with Crippen molar-refractivity contribution in [3.63, 3.8) is 0 Å². The SMILES string of the molecule is CC[C@H](O)[C@@H]1C(=O)N2C(C(=O)S)=C(CCC(=O)NC)S[C@H]12. The highest BCUT2D eigenvalue weighted by Gasteiger charge is 2.57. The molecule has 0 aromatic carbocycles. The van der Waals surface area contributed by atoms with Crippen molar-refractivity contribution in [1.82, 2.24) is 10.2 Å². The average molecular weight is 330 g/mol. The highest BCUT2D eigenvalue weighted by atomic mass is 32.2. The zero-order chi connectivity index (χ0) is 15.7. The van der Waals surface area contributed by atoms with Crippen LogP contribution in [-0.4, -0.2) is 45.5 Å². The number of allylic oxidation sites excluding steroid dienone is 1. The molecule has 0 spiro atoms. The van der Waals surface area contributed by atoms with Gasteiger partial charge in [0.05, 0.1) is 12.0 Å². The number of hydrogen-bond donors (Lipinski definition) is 3. The minimum absolute atomic E-state index is 0.125. The summed E-state index contributed by atoms with van der Waals surface area (Å²) >= 11 is 5.21. The Morgan fingerprint density at radius 3 is 2.71 bits per heavy atom. The summed E-state index contributed by atoms with van der Waals surface area (Å²) in [5.74, 6) is -0.853. The Balaban J connectivity index is 2.16. The van der Waals surface area contributed by atoms with E-state index in [-0.39, 0.29) is 29.3 Å². The largest absolute Gasteiger partial charge is 0.392 e. The van der Waals surface area contributed by atoms with Crippen LogP contribution < -0.4 is 5.32 Å². The molecule has 2 aliphatic rings.